The number of non-ortho nitro benzene ring substituents is 1. The lowest BCUT2D eigenvalue weighted by Gasteiger charge is -2.12. The molecule has 0 radical (unpaired) electrons. The maximum Gasteiger partial charge on any atom is 0.269 e. The number of rotatable bonds is 5. The molecule has 0 bridgehead atoms. The van der Waals surface area contributed by atoms with Crippen LogP contribution in [0.4, 0.5) is 20.2 Å². The maximum atomic E-state index is 13.5. The average Bonchev–Trinajstić information content (AvgIpc) is 2.50. The van der Waals surface area contributed by atoms with E-state index in [0.717, 1.165) is 12.1 Å². The molecule has 2 aromatic carbocycles. The van der Waals surface area contributed by atoms with Crippen molar-refractivity contribution in [2.75, 3.05) is 5.32 Å². The summed E-state index contributed by atoms with van der Waals surface area (Å²) in [6, 6.07) is 8.62. The number of thioether (sulfide) groups is 1. The van der Waals surface area contributed by atoms with Crippen LogP contribution in [0.2, 0.25) is 0 Å². The molecule has 0 aromatic heterocycles. The SMILES string of the molecule is CC(Sc1ccc([N+](=O)[O-])cc1)C(=O)Nc1ccc(F)cc1F. The van der Waals surface area contributed by atoms with Gasteiger partial charge in [-0.3, -0.25) is 14.9 Å². The number of nitro benzene ring substituents is 1. The van der Waals surface area contributed by atoms with Crippen LogP contribution < -0.4 is 5.32 Å². The van der Waals surface area contributed by atoms with Crippen LogP contribution in [-0.4, -0.2) is 16.1 Å². The third-order valence-electron chi connectivity index (χ3n) is 2.92. The van der Waals surface area contributed by atoms with Gasteiger partial charge in [-0.15, -0.1) is 11.8 Å². The molecule has 120 valence electrons. The number of carbonyl (C=O) groups is 1. The van der Waals surface area contributed by atoms with Crippen molar-refractivity contribution in [3.63, 3.8) is 0 Å². The lowest BCUT2D eigenvalue weighted by Crippen LogP contribution is -2.23. The quantitative estimate of drug-likeness (QED) is 0.508. The molecule has 23 heavy (non-hydrogen) atoms. The van der Waals surface area contributed by atoms with Crippen molar-refractivity contribution < 1.29 is 18.5 Å². The van der Waals surface area contributed by atoms with Gasteiger partial charge in [-0.25, -0.2) is 8.78 Å². The Kier molecular flexibility index (Phi) is 5.28. The summed E-state index contributed by atoms with van der Waals surface area (Å²) in [5.74, 6) is -2.04. The topological polar surface area (TPSA) is 72.2 Å². The molecule has 5 nitrogen and oxygen atoms in total. The van der Waals surface area contributed by atoms with E-state index < -0.39 is 27.7 Å². The van der Waals surface area contributed by atoms with Gasteiger partial charge in [-0.05, 0) is 31.2 Å². The van der Waals surface area contributed by atoms with Crippen molar-refractivity contribution in [2.24, 2.45) is 0 Å². The molecule has 1 N–H and O–H groups in total. The van der Waals surface area contributed by atoms with Crippen LogP contribution in [-0.2, 0) is 4.79 Å². The van der Waals surface area contributed by atoms with Crippen LogP contribution >= 0.6 is 11.8 Å². The van der Waals surface area contributed by atoms with Crippen LogP contribution in [0.1, 0.15) is 6.92 Å². The summed E-state index contributed by atoms with van der Waals surface area (Å²) in [5, 5.41) is 12.4. The highest BCUT2D eigenvalue weighted by Crippen LogP contribution is 2.26. The minimum absolute atomic E-state index is 0.0418. The summed E-state index contributed by atoms with van der Waals surface area (Å²) in [6.45, 7) is 1.61. The predicted molar refractivity (Wildman–Crippen MR) is 83.4 cm³/mol. The number of benzene rings is 2. The van der Waals surface area contributed by atoms with Gasteiger partial charge in [0.1, 0.15) is 11.6 Å². The third-order valence-corrected chi connectivity index (χ3v) is 4.03. The van der Waals surface area contributed by atoms with E-state index in [1.807, 2.05) is 0 Å². The molecular formula is C15H12F2N2O3S. The molecule has 1 unspecified atom stereocenters. The number of amides is 1. The zero-order chi connectivity index (χ0) is 17.0. The fourth-order valence-electron chi connectivity index (χ4n) is 1.73. The van der Waals surface area contributed by atoms with Crippen LogP contribution in [0.3, 0.4) is 0 Å². The summed E-state index contributed by atoms with van der Waals surface area (Å²) in [4.78, 5) is 22.8. The number of nitrogens with zero attached hydrogens (tertiary/aromatic N) is 1. The Morgan fingerprint density at radius 1 is 1.22 bits per heavy atom. The van der Waals surface area contributed by atoms with Gasteiger partial charge in [-0.2, -0.15) is 0 Å². The van der Waals surface area contributed by atoms with Gasteiger partial charge in [0.15, 0.2) is 0 Å². The normalized spacial score (nSPS) is 11.8. The van der Waals surface area contributed by atoms with E-state index in [0.29, 0.717) is 11.0 Å². The minimum atomic E-state index is -0.856. The molecule has 8 heteroatoms. The first-order valence-electron chi connectivity index (χ1n) is 6.54. The number of hydrogen-bond donors (Lipinski definition) is 1. The molecule has 0 aliphatic carbocycles. The third kappa shape index (κ3) is 4.49. The Morgan fingerprint density at radius 3 is 2.43 bits per heavy atom. The number of nitrogens with one attached hydrogen (secondary N) is 1. The van der Waals surface area contributed by atoms with E-state index in [9.17, 15) is 23.7 Å². The van der Waals surface area contributed by atoms with Crippen LogP contribution in [0.25, 0.3) is 0 Å². The minimum Gasteiger partial charge on any atom is -0.323 e. The molecule has 0 spiro atoms. The van der Waals surface area contributed by atoms with E-state index in [1.54, 1.807) is 6.92 Å². The van der Waals surface area contributed by atoms with Crippen LogP contribution in [0.15, 0.2) is 47.4 Å². The van der Waals surface area contributed by atoms with Gasteiger partial charge in [-0.1, -0.05) is 0 Å². The van der Waals surface area contributed by atoms with Crippen molar-refractivity contribution in [2.45, 2.75) is 17.1 Å². The summed E-state index contributed by atoms with van der Waals surface area (Å²) in [5.41, 5.74) is -0.146. The summed E-state index contributed by atoms with van der Waals surface area (Å²) in [6.07, 6.45) is 0. The van der Waals surface area contributed by atoms with Crippen LogP contribution in [0, 0.1) is 21.7 Å². The first-order chi connectivity index (χ1) is 10.9. The highest BCUT2D eigenvalue weighted by Gasteiger charge is 2.17. The Hall–Kier alpha value is -2.48. The summed E-state index contributed by atoms with van der Waals surface area (Å²) >= 11 is 1.17. The zero-order valence-corrected chi connectivity index (χ0v) is 12.8. The summed E-state index contributed by atoms with van der Waals surface area (Å²) < 4.78 is 26.3. The van der Waals surface area contributed by atoms with Gasteiger partial charge < -0.3 is 5.32 Å². The summed E-state index contributed by atoms with van der Waals surface area (Å²) in [7, 11) is 0. The molecule has 1 atom stereocenters. The molecular weight excluding hydrogens is 326 g/mol. The number of halogens is 2. The van der Waals surface area contributed by atoms with Crippen molar-refractivity contribution in [1.29, 1.82) is 0 Å². The monoisotopic (exact) mass is 338 g/mol. The molecule has 0 fully saturated rings. The van der Waals surface area contributed by atoms with Crippen molar-refractivity contribution in [3.8, 4) is 0 Å². The number of nitro groups is 1. The molecule has 0 aliphatic heterocycles. The smallest absolute Gasteiger partial charge is 0.269 e. The van der Waals surface area contributed by atoms with Crippen molar-refractivity contribution in [3.05, 3.63) is 64.2 Å². The Labute approximate surface area is 134 Å². The van der Waals surface area contributed by atoms with Gasteiger partial charge in [0, 0.05) is 23.1 Å². The highest BCUT2D eigenvalue weighted by atomic mass is 32.2. The van der Waals surface area contributed by atoms with E-state index in [2.05, 4.69) is 5.32 Å². The molecule has 0 saturated carbocycles. The first-order valence-corrected chi connectivity index (χ1v) is 7.42. The second kappa shape index (κ2) is 7.19. The van der Waals surface area contributed by atoms with Gasteiger partial charge in [0.05, 0.1) is 15.9 Å². The number of anilines is 1. The van der Waals surface area contributed by atoms with Gasteiger partial charge in [0.25, 0.3) is 5.69 Å². The van der Waals surface area contributed by atoms with Gasteiger partial charge >= 0.3 is 0 Å². The molecule has 0 aliphatic rings. The zero-order valence-electron chi connectivity index (χ0n) is 12.0. The van der Waals surface area contributed by atoms with E-state index in [1.165, 1.54) is 36.0 Å². The lowest BCUT2D eigenvalue weighted by atomic mass is 10.3. The van der Waals surface area contributed by atoms with Crippen LogP contribution in [0.5, 0.6) is 0 Å². The molecule has 1 amide bonds. The van der Waals surface area contributed by atoms with E-state index in [-0.39, 0.29) is 11.4 Å². The second-order valence-corrected chi connectivity index (χ2v) is 6.04. The van der Waals surface area contributed by atoms with E-state index >= 15 is 0 Å². The molecule has 2 rings (SSSR count). The van der Waals surface area contributed by atoms with Crippen molar-refractivity contribution >= 4 is 29.0 Å². The van der Waals surface area contributed by atoms with E-state index in [4.69, 9.17) is 0 Å². The number of hydrogen-bond acceptors (Lipinski definition) is 4. The second-order valence-electron chi connectivity index (χ2n) is 4.62. The number of carbonyl (C=O) groups excluding carboxylic acids is 1. The highest BCUT2D eigenvalue weighted by molar-refractivity contribution is 8.00. The largest absolute Gasteiger partial charge is 0.323 e. The Balaban J connectivity index is 2.00. The lowest BCUT2D eigenvalue weighted by molar-refractivity contribution is -0.384. The average molecular weight is 338 g/mol. The Bertz CT molecular complexity index is 738. The standard InChI is InChI=1S/C15H12F2N2O3S/c1-9(23-12-5-3-11(4-6-12)19(21)22)15(20)18-14-7-2-10(16)8-13(14)17/h2-9H,1H3,(H,18,20). The molecule has 0 heterocycles. The predicted octanol–water partition coefficient (Wildman–Crippen LogP) is 3.99. The fourth-order valence-corrected chi connectivity index (χ4v) is 2.60. The van der Waals surface area contributed by atoms with Gasteiger partial charge in [0.2, 0.25) is 5.91 Å². The molecule has 0 saturated heterocycles. The fraction of sp³-hybridized carbons (Fsp3) is 0.133. The molecule has 2 aromatic rings. The maximum absolute atomic E-state index is 13.5. The van der Waals surface area contributed by atoms with Crippen molar-refractivity contribution in [1.82, 2.24) is 0 Å². The Morgan fingerprint density at radius 2 is 1.87 bits per heavy atom. The first kappa shape index (κ1) is 16.9.